The number of pyridine rings is 1. The van der Waals surface area contributed by atoms with E-state index in [0.717, 1.165) is 5.52 Å². The Kier molecular flexibility index (Phi) is 3.35. The number of rotatable bonds is 0. The van der Waals surface area contributed by atoms with E-state index in [2.05, 4.69) is 70.5 Å². The van der Waals surface area contributed by atoms with E-state index in [1.165, 1.54) is 49.8 Å². The fraction of sp³-hybridized carbons (Fsp3) is 0.269. The summed E-state index contributed by atoms with van der Waals surface area (Å²) in [5.74, 6) is -0.159. The van der Waals surface area contributed by atoms with Gasteiger partial charge in [-0.25, -0.2) is 4.39 Å². The Morgan fingerprint density at radius 2 is 1.68 bits per heavy atom. The lowest BCUT2D eigenvalue weighted by Crippen LogP contribution is -2.39. The standard InChI is InChI=1S/C26H25FN/c1-14-10-17-12-15(2)16(3)23-24(17)19(11-14)26(4,5)20-13-18-21(27)8-7-9-22(18)28(6)25(20)23/h7-13H,1-6H3/q+1. The molecule has 0 bridgehead atoms. The van der Waals surface area contributed by atoms with E-state index in [4.69, 9.17) is 0 Å². The van der Waals surface area contributed by atoms with Crippen molar-refractivity contribution in [2.75, 3.05) is 0 Å². The van der Waals surface area contributed by atoms with E-state index >= 15 is 0 Å². The van der Waals surface area contributed by atoms with Crippen LogP contribution in [0.3, 0.4) is 0 Å². The summed E-state index contributed by atoms with van der Waals surface area (Å²) in [7, 11) is 2.07. The smallest absolute Gasteiger partial charge is 0.206 e. The zero-order valence-corrected chi connectivity index (χ0v) is 17.4. The molecule has 0 N–H and O–H groups in total. The largest absolute Gasteiger partial charge is 0.217 e. The van der Waals surface area contributed by atoms with Gasteiger partial charge in [-0.15, -0.1) is 0 Å². The maximum atomic E-state index is 14.7. The van der Waals surface area contributed by atoms with Crippen LogP contribution in [-0.2, 0) is 12.5 Å². The van der Waals surface area contributed by atoms with Crippen molar-refractivity contribution in [3.8, 4) is 11.3 Å². The second kappa shape index (κ2) is 5.41. The molecule has 4 aromatic rings. The van der Waals surface area contributed by atoms with E-state index in [1.54, 1.807) is 12.1 Å². The first kappa shape index (κ1) is 17.4. The first-order chi connectivity index (χ1) is 13.2. The number of halogens is 1. The highest BCUT2D eigenvalue weighted by Crippen LogP contribution is 2.50. The Labute approximate surface area is 165 Å². The van der Waals surface area contributed by atoms with Crippen LogP contribution in [0.5, 0.6) is 0 Å². The molecule has 0 radical (unpaired) electrons. The van der Waals surface area contributed by atoms with Crippen LogP contribution in [0, 0.1) is 26.6 Å². The van der Waals surface area contributed by atoms with Crippen LogP contribution in [0.4, 0.5) is 4.39 Å². The van der Waals surface area contributed by atoms with Crippen LogP contribution in [0.15, 0.2) is 42.5 Å². The van der Waals surface area contributed by atoms with Crippen molar-refractivity contribution in [3.63, 3.8) is 0 Å². The van der Waals surface area contributed by atoms with E-state index < -0.39 is 0 Å². The molecular formula is C26H25FN+. The normalized spacial score (nSPS) is 14.5. The van der Waals surface area contributed by atoms with Crippen LogP contribution in [0.2, 0.25) is 0 Å². The number of benzene rings is 3. The molecule has 1 heterocycles. The number of aromatic nitrogens is 1. The monoisotopic (exact) mass is 370 g/mol. The van der Waals surface area contributed by atoms with Gasteiger partial charge in [0.05, 0.1) is 10.9 Å². The van der Waals surface area contributed by atoms with Gasteiger partial charge in [0.15, 0.2) is 0 Å². The minimum absolute atomic E-state index is 0.159. The molecule has 0 fully saturated rings. The molecule has 0 aliphatic heterocycles. The second-order valence-corrected chi connectivity index (χ2v) is 8.87. The fourth-order valence-electron chi connectivity index (χ4n) is 5.12. The van der Waals surface area contributed by atoms with Gasteiger partial charge in [-0.2, -0.15) is 4.57 Å². The molecule has 2 heteroatoms. The minimum atomic E-state index is -0.206. The van der Waals surface area contributed by atoms with Crippen LogP contribution < -0.4 is 4.57 Å². The number of fused-ring (bicyclic) bond motifs is 3. The molecule has 0 saturated heterocycles. The van der Waals surface area contributed by atoms with E-state index in [9.17, 15) is 4.39 Å². The summed E-state index contributed by atoms with van der Waals surface area (Å²) in [5.41, 5.74) is 9.64. The van der Waals surface area contributed by atoms with Gasteiger partial charge in [-0.05, 0) is 60.4 Å². The highest BCUT2D eigenvalue weighted by Gasteiger charge is 2.40. The maximum Gasteiger partial charge on any atom is 0.217 e. The summed E-state index contributed by atoms with van der Waals surface area (Å²) >= 11 is 0. The topological polar surface area (TPSA) is 3.88 Å². The van der Waals surface area contributed by atoms with Crippen molar-refractivity contribution in [2.45, 2.75) is 40.0 Å². The SMILES string of the molecule is Cc1cc2c3c(c(C)c(C)cc3c1)-c1c(cc3c(F)cccc3[n+]1C)C2(C)C. The number of aryl methyl sites for hydroxylation is 3. The third-order valence-corrected chi connectivity index (χ3v) is 6.76. The van der Waals surface area contributed by atoms with Gasteiger partial charge in [-0.1, -0.05) is 43.7 Å². The van der Waals surface area contributed by atoms with Gasteiger partial charge in [-0.3, -0.25) is 0 Å². The lowest BCUT2D eigenvalue weighted by Gasteiger charge is -2.34. The zero-order valence-electron chi connectivity index (χ0n) is 17.4. The van der Waals surface area contributed by atoms with Gasteiger partial charge >= 0.3 is 0 Å². The molecule has 1 aromatic heterocycles. The van der Waals surface area contributed by atoms with Gasteiger partial charge in [0, 0.05) is 17.0 Å². The highest BCUT2D eigenvalue weighted by atomic mass is 19.1. The Bertz CT molecular complexity index is 1330. The first-order valence-electron chi connectivity index (χ1n) is 9.89. The van der Waals surface area contributed by atoms with Crippen molar-refractivity contribution in [3.05, 3.63) is 76.1 Å². The Morgan fingerprint density at radius 3 is 2.43 bits per heavy atom. The van der Waals surface area contributed by atoms with Gasteiger partial charge < -0.3 is 0 Å². The number of hydrogen-bond acceptors (Lipinski definition) is 0. The van der Waals surface area contributed by atoms with Crippen molar-refractivity contribution in [1.82, 2.24) is 0 Å². The number of hydrogen-bond donors (Lipinski definition) is 0. The highest BCUT2D eigenvalue weighted by molar-refractivity contribution is 6.04. The van der Waals surface area contributed by atoms with E-state index in [-0.39, 0.29) is 11.2 Å². The summed E-state index contributed by atoms with van der Waals surface area (Å²) in [5, 5.41) is 3.33. The minimum Gasteiger partial charge on any atom is -0.206 e. The summed E-state index contributed by atoms with van der Waals surface area (Å²) in [6.45, 7) is 11.1. The molecule has 0 amide bonds. The lowest BCUT2D eigenvalue weighted by molar-refractivity contribution is -0.634. The van der Waals surface area contributed by atoms with Crippen LogP contribution in [-0.4, -0.2) is 0 Å². The third-order valence-electron chi connectivity index (χ3n) is 6.76. The summed E-state index contributed by atoms with van der Waals surface area (Å²) < 4.78 is 16.9. The molecule has 1 aliphatic carbocycles. The van der Waals surface area contributed by atoms with Crippen molar-refractivity contribution >= 4 is 21.7 Å². The Hall–Kier alpha value is -2.74. The predicted octanol–water partition coefficient (Wildman–Crippen LogP) is 6.19. The average molecular weight is 370 g/mol. The second-order valence-electron chi connectivity index (χ2n) is 8.87. The molecule has 0 atom stereocenters. The molecule has 0 unspecified atom stereocenters. The van der Waals surface area contributed by atoms with E-state index in [1.807, 2.05) is 6.07 Å². The van der Waals surface area contributed by atoms with Crippen LogP contribution in [0.1, 0.15) is 41.7 Å². The zero-order chi connectivity index (χ0) is 20.0. The van der Waals surface area contributed by atoms with E-state index in [0.29, 0.717) is 5.39 Å². The molecule has 1 nitrogen and oxygen atoms in total. The predicted molar refractivity (Wildman–Crippen MR) is 114 cm³/mol. The third kappa shape index (κ3) is 2.03. The van der Waals surface area contributed by atoms with Crippen molar-refractivity contribution in [1.29, 1.82) is 0 Å². The molecule has 1 aliphatic rings. The van der Waals surface area contributed by atoms with Gasteiger partial charge in [0.1, 0.15) is 12.9 Å². The maximum absolute atomic E-state index is 14.7. The molecule has 0 saturated carbocycles. The molecule has 5 rings (SSSR count). The molecule has 3 aromatic carbocycles. The van der Waals surface area contributed by atoms with Crippen molar-refractivity contribution < 1.29 is 8.96 Å². The fourth-order valence-corrected chi connectivity index (χ4v) is 5.12. The Morgan fingerprint density at radius 1 is 0.929 bits per heavy atom. The first-order valence-corrected chi connectivity index (χ1v) is 9.89. The lowest BCUT2D eigenvalue weighted by atomic mass is 9.68. The molecular weight excluding hydrogens is 345 g/mol. The summed E-state index contributed by atoms with van der Waals surface area (Å²) in [6, 6.07) is 14.4. The molecule has 0 spiro atoms. The van der Waals surface area contributed by atoms with Gasteiger partial charge in [0.2, 0.25) is 11.2 Å². The quantitative estimate of drug-likeness (QED) is 0.325. The molecule has 28 heavy (non-hydrogen) atoms. The number of nitrogens with zero attached hydrogens (tertiary/aromatic N) is 1. The van der Waals surface area contributed by atoms with Crippen LogP contribution >= 0.6 is 0 Å². The Balaban J connectivity index is 2.11. The summed E-state index contributed by atoms with van der Waals surface area (Å²) in [4.78, 5) is 0. The molecule has 140 valence electrons. The van der Waals surface area contributed by atoms with Crippen molar-refractivity contribution in [2.24, 2.45) is 7.05 Å². The summed E-state index contributed by atoms with van der Waals surface area (Å²) in [6.07, 6.45) is 0. The van der Waals surface area contributed by atoms with Gasteiger partial charge in [0.25, 0.3) is 0 Å². The van der Waals surface area contributed by atoms with Crippen LogP contribution in [0.25, 0.3) is 32.9 Å². The average Bonchev–Trinajstić information content (AvgIpc) is 2.63.